The molecular formula is C21H21BrN4O3. The summed E-state index contributed by atoms with van der Waals surface area (Å²) in [6.07, 6.45) is 0.441. The van der Waals surface area contributed by atoms with E-state index in [1.165, 1.54) is 9.91 Å². The van der Waals surface area contributed by atoms with Crippen LogP contribution in [0.4, 0.5) is 11.4 Å². The molecule has 8 heteroatoms. The minimum absolute atomic E-state index is 0.118. The van der Waals surface area contributed by atoms with Crippen molar-refractivity contribution in [2.75, 3.05) is 23.9 Å². The Kier molecular flexibility index (Phi) is 6.43. The number of nitrogens with zero attached hydrogens (tertiary/aromatic N) is 3. The fourth-order valence-corrected chi connectivity index (χ4v) is 3.42. The number of halogens is 1. The fraction of sp³-hybridized carbons (Fsp3) is 0.238. The summed E-state index contributed by atoms with van der Waals surface area (Å²) in [5.74, 6) is -0.848. The van der Waals surface area contributed by atoms with Gasteiger partial charge in [-0.25, -0.2) is 5.01 Å². The minimum Gasteiger partial charge on any atom is -0.331 e. The first kappa shape index (κ1) is 20.7. The van der Waals surface area contributed by atoms with E-state index in [1.54, 1.807) is 37.4 Å². The van der Waals surface area contributed by atoms with Gasteiger partial charge in [0.05, 0.1) is 12.2 Å². The third-order valence-electron chi connectivity index (χ3n) is 4.47. The quantitative estimate of drug-likeness (QED) is 0.748. The number of benzene rings is 2. The lowest BCUT2D eigenvalue weighted by Gasteiger charge is -2.25. The van der Waals surface area contributed by atoms with Gasteiger partial charge < -0.3 is 10.2 Å². The number of carbonyl (C=O) groups is 3. The maximum Gasteiger partial charge on any atom is 0.270 e. The average molecular weight is 457 g/mol. The van der Waals surface area contributed by atoms with E-state index >= 15 is 0 Å². The second-order valence-corrected chi connectivity index (χ2v) is 7.67. The van der Waals surface area contributed by atoms with Gasteiger partial charge in [0.1, 0.15) is 5.71 Å². The van der Waals surface area contributed by atoms with Crippen LogP contribution >= 0.6 is 15.9 Å². The predicted molar refractivity (Wildman–Crippen MR) is 116 cm³/mol. The third kappa shape index (κ3) is 5.08. The lowest BCUT2D eigenvalue weighted by molar-refractivity contribution is -0.128. The van der Waals surface area contributed by atoms with Gasteiger partial charge in [-0.3, -0.25) is 14.4 Å². The van der Waals surface area contributed by atoms with Crippen LogP contribution in [0, 0.1) is 6.92 Å². The summed E-state index contributed by atoms with van der Waals surface area (Å²) in [7, 11) is 1.54. The van der Waals surface area contributed by atoms with Gasteiger partial charge in [-0.1, -0.05) is 34.1 Å². The Morgan fingerprint density at radius 1 is 1.17 bits per heavy atom. The number of anilines is 2. The predicted octanol–water partition coefficient (Wildman–Crippen LogP) is 3.34. The van der Waals surface area contributed by atoms with E-state index in [4.69, 9.17) is 0 Å². The molecule has 1 aliphatic heterocycles. The van der Waals surface area contributed by atoms with Gasteiger partial charge in [0.2, 0.25) is 11.8 Å². The monoisotopic (exact) mass is 456 g/mol. The van der Waals surface area contributed by atoms with Gasteiger partial charge in [0.15, 0.2) is 0 Å². The number of nitrogens with one attached hydrogen (secondary N) is 1. The van der Waals surface area contributed by atoms with Gasteiger partial charge in [-0.05, 0) is 42.8 Å². The zero-order chi connectivity index (χ0) is 21.0. The SMILES string of the molecule is Cc1cc(Br)ccc1NC(=O)CN(C)C(=O)C1=NN(c2ccccc2)C(=O)CC1. The molecule has 3 rings (SSSR count). The topological polar surface area (TPSA) is 82.1 Å². The molecule has 0 aromatic heterocycles. The van der Waals surface area contributed by atoms with Crippen molar-refractivity contribution in [2.45, 2.75) is 19.8 Å². The fourth-order valence-electron chi connectivity index (χ4n) is 2.94. The molecule has 0 spiro atoms. The molecule has 29 heavy (non-hydrogen) atoms. The lowest BCUT2D eigenvalue weighted by atomic mass is 10.1. The number of hydrogen-bond acceptors (Lipinski definition) is 4. The molecule has 0 saturated carbocycles. The molecule has 0 saturated heterocycles. The summed E-state index contributed by atoms with van der Waals surface area (Å²) in [4.78, 5) is 38.6. The molecule has 0 atom stereocenters. The molecule has 1 heterocycles. The molecule has 150 valence electrons. The van der Waals surface area contributed by atoms with Crippen molar-refractivity contribution < 1.29 is 14.4 Å². The van der Waals surface area contributed by atoms with Crippen LogP contribution in [0.5, 0.6) is 0 Å². The van der Waals surface area contributed by atoms with Crippen molar-refractivity contribution in [3.8, 4) is 0 Å². The molecule has 0 bridgehead atoms. The summed E-state index contributed by atoms with van der Waals surface area (Å²) < 4.78 is 0.924. The Balaban J connectivity index is 1.67. The van der Waals surface area contributed by atoms with E-state index in [0.717, 1.165) is 10.0 Å². The van der Waals surface area contributed by atoms with Gasteiger partial charge in [0, 0.05) is 30.0 Å². The summed E-state index contributed by atoms with van der Waals surface area (Å²) in [5, 5.41) is 8.30. The highest BCUT2D eigenvalue weighted by atomic mass is 79.9. The van der Waals surface area contributed by atoms with Crippen molar-refractivity contribution in [3.05, 3.63) is 58.6 Å². The number of carbonyl (C=O) groups excluding carboxylic acids is 3. The zero-order valence-electron chi connectivity index (χ0n) is 16.2. The van der Waals surface area contributed by atoms with Gasteiger partial charge >= 0.3 is 0 Å². The van der Waals surface area contributed by atoms with E-state index < -0.39 is 0 Å². The normalized spacial score (nSPS) is 13.7. The molecule has 1 aliphatic rings. The number of aryl methyl sites for hydroxylation is 1. The zero-order valence-corrected chi connectivity index (χ0v) is 17.8. The summed E-state index contributed by atoms with van der Waals surface area (Å²) in [6.45, 7) is 1.77. The van der Waals surface area contributed by atoms with Crippen molar-refractivity contribution in [1.82, 2.24) is 4.90 Å². The van der Waals surface area contributed by atoms with Gasteiger partial charge in [-0.15, -0.1) is 0 Å². The van der Waals surface area contributed by atoms with E-state index in [1.807, 2.05) is 25.1 Å². The average Bonchev–Trinajstić information content (AvgIpc) is 2.70. The van der Waals surface area contributed by atoms with Crippen molar-refractivity contribution in [1.29, 1.82) is 0 Å². The number of rotatable bonds is 5. The van der Waals surface area contributed by atoms with E-state index in [2.05, 4.69) is 26.3 Å². The van der Waals surface area contributed by atoms with Crippen molar-refractivity contribution >= 4 is 50.7 Å². The second kappa shape index (κ2) is 9.00. The van der Waals surface area contributed by atoms with E-state index in [9.17, 15) is 14.4 Å². The first-order valence-electron chi connectivity index (χ1n) is 9.12. The van der Waals surface area contributed by atoms with Crippen LogP contribution in [-0.4, -0.2) is 41.9 Å². The van der Waals surface area contributed by atoms with Gasteiger partial charge in [-0.2, -0.15) is 5.10 Å². The summed E-state index contributed by atoms with van der Waals surface area (Å²) in [6, 6.07) is 14.5. The van der Waals surface area contributed by atoms with E-state index in [-0.39, 0.29) is 42.8 Å². The number of hydrogen-bond donors (Lipinski definition) is 1. The molecule has 3 amide bonds. The summed E-state index contributed by atoms with van der Waals surface area (Å²) in [5.41, 5.74) is 2.46. The molecular weight excluding hydrogens is 436 g/mol. The van der Waals surface area contributed by atoms with Crippen LogP contribution in [-0.2, 0) is 14.4 Å². The van der Waals surface area contributed by atoms with Crippen LogP contribution in [0.15, 0.2) is 58.1 Å². The van der Waals surface area contributed by atoms with Crippen LogP contribution in [0.3, 0.4) is 0 Å². The Morgan fingerprint density at radius 3 is 2.59 bits per heavy atom. The Hall–Kier alpha value is -3.00. The van der Waals surface area contributed by atoms with E-state index in [0.29, 0.717) is 11.4 Å². The van der Waals surface area contributed by atoms with Crippen LogP contribution < -0.4 is 10.3 Å². The van der Waals surface area contributed by atoms with Gasteiger partial charge in [0.25, 0.3) is 5.91 Å². The smallest absolute Gasteiger partial charge is 0.270 e. The number of likely N-dealkylation sites (N-methyl/N-ethyl adjacent to an activating group) is 1. The largest absolute Gasteiger partial charge is 0.331 e. The minimum atomic E-state index is -0.374. The second-order valence-electron chi connectivity index (χ2n) is 6.76. The number of amides is 3. The molecule has 1 N–H and O–H groups in total. The standard InChI is InChI=1S/C21H21BrN4O3/c1-14-12-15(22)8-9-17(14)23-19(27)13-25(2)21(29)18-10-11-20(28)26(24-18)16-6-4-3-5-7-16/h3-9,12H,10-11,13H2,1-2H3,(H,23,27). The van der Waals surface area contributed by atoms with Crippen molar-refractivity contribution in [2.24, 2.45) is 5.10 Å². The molecule has 0 aliphatic carbocycles. The van der Waals surface area contributed by atoms with Crippen LogP contribution in [0.2, 0.25) is 0 Å². The molecule has 0 fully saturated rings. The molecule has 2 aromatic carbocycles. The summed E-state index contributed by atoms with van der Waals surface area (Å²) >= 11 is 3.39. The maximum atomic E-state index is 12.8. The lowest BCUT2D eigenvalue weighted by Crippen LogP contribution is -2.42. The first-order chi connectivity index (χ1) is 13.8. The highest BCUT2D eigenvalue weighted by molar-refractivity contribution is 9.10. The highest BCUT2D eigenvalue weighted by Gasteiger charge is 2.27. The molecule has 0 unspecified atom stereocenters. The number of para-hydroxylation sites is 1. The Bertz CT molecular complexity index is 975. The first-order valence-corrected chi connectivity index (χ1v) is 9.91. The Labute approximate surface area is 177 Å². The van der Waals surface area contributed by atoms with Crippen LogP contribution in [0.25, 0.3) is 0 Å². The van der Waals surface area contributed by atoms with Crippen molar-refractivity contribution in [3.63, 3.8) is 0 Å². The highest BCUT2D eigenvalue weighted by Crippen LogP contribution is 2.21. The molecule has 0 radical (unpaired) electrons. The third-order valence-corrected chi connectivity index (χ3v) is 4.96. The Morgan fingerprint density at radius 2 is 1.90 bits per heavy atom. The molecule has 2 aromatic rings. The van der Waals surface area contributed by atoms with Crippen LogP contribution in [0.1, 0.15) is 18.4 Å². The molecule has 7 nitrogen and oxygen atoms in total. The maximum absolute atomic E-state index is 12.8. The number of hydrazone groups is 1.